The Morgan fingerprint density at radius 1 is 1.10 bits per heavy atom. The lowest BCUT2D eigenvalue weighted by molar-refractivity contribution is -0.384. The number of hydrogen-bond donors (Lipinski definition) is 1. The van der Waals surface area contributed by atoms with Crippen LogP contribution >= 0.6 is 7.60 Å². The number of hydrogen-bond acceptors (Lipinski definition) is 6. The Bertz CT molecular complexity index is 897. The highest BCUT2D eigenvalue weighted by Gasteiger charge is 2.38. The van der Waals surface area contributed by atoms with Gasteiger partial charge in [0.05, 0.1) is 23.7 Å². The van der Waals surface area contributed by atoms with E-state index in [9.17, 15) is 27.9 Å². The molecule has 1 N–H and O–H groups in total. The van der Waals surface area contributed by atoms with Gasteiger partial charge in [-0.05, 0) is 37.6 Å². The summed E-state index contributed by atoms with van der Waals surface area (Å²) in [5, 5.41) is 13.9. The fraction of sp³-hybridized carbons (Fsp3) is 0.333. The van der Waals surface area contributed by atoms with E-state index >= 15 is 0 Å². The molecule has 0 heterocycles. The molecule has 11 heteroatoms. The molecule has 0 aliphatic carbocycles. The molecule has 0 radical (unpaired) electrons. The zero-order chi connectivity index (χ0) is 21.7. The number of benzene rings is 2. The first kappa shape index (κ1) is 22.9. The molecule has 0 saturated heterocycles. The minimum atomic E-state index is -4.57. The Hall–Kier alpha value is -2.42. The van der Waals surface area contributed by atoms with Gasteiger partial charge in [-0.2, -0.15) is 13.2 Å². The standard InChI is InChI=1S/C18H20F3N2O5P/c1-3-27-29(26,28-4-2)17(13-7-5-10-16(11-13)23(24)25)22-15-9-6-8-14(12-15)18(19,20)21/h5-12,17,22H,3-4H2,1-2H3/t17-/m1/s1. The second-order valence-electron chi connectivity index (χ2n) is 5.85. The Labute approximate surface area is 165 Å². The summed E-state index contributed by atoms with van der Waals surface area (Å²) < 4.78 is 63.2. The average molecular weight is 432 g/mol. The van der Waals surface area contributed by atoms with Gasteiger partial charge in [-0.15, -0.1) is 0 Å². The SMILES string of the molecule is CCOP(=O)(OCC)[C@@H](Nc1cccc(C(F)(F)F)c1)c1cccc([N+](=O)[O-])c1. The molecule has 2 aromatic rings. The molecule has 2 aromatic carbocycles. The van der Waals surface area contributed by atoms with Crippen molar-refractivity contribution in [1.29, 1.82) is 0 Å². The van der Waals surface area contributed by atoms with Crippen LogP contribution in [0.15, 0.2) is 48.5 Å². The van der Waals surface area contributed by atoms with Gasteiger partial charge in [-0.1, -0.05) is 18.2 Å². The maximum atomic E-state index is 13.4. The van der Waals surface area contributed by atoms with Crippen LogP contribution in [0.4, 0.5) is 24.5 Å². The molecular formula is C18H20F3N2O5P. The molecule has 0 saturated carbocycles. The molecule has 158 valence electrons. The van der Waals surface area contributed by atoms with Crippen molar-refractivity contribution in [2.24, 2.45) is 0 Å². The van der Waals surface area contributed by atoms with Crippen molar-refractivity contribution in [2.45, 2.75) is 25.8 Å². The number of halogens is 3. The lowest BCUT2D eigenvalue weighted by Crippen LogP contribution is -2.16. The molecule has 0 spiro atoms. The van der Waals surface area contributed by atoms with Gasteiger partial charge in [0.25, 0.3) is 5.69 Å². The molecule has 0 aliphatic rings. The fourth-order valence-electron chi connectivity index (χ4n) is 2.64. The minimum Gasteiger partial charge on any atom is -0.368 e. The number of rotatable bonds is 9. The molecule has 0 unspecified atom stereocenters. The number of nitrogens with one attached hydrogen (secondary N) is 1. The third kappa shape index (κ3) is 5.79. The number of nitro groups is 1. The molecular weight excluding hydrogens is 412 g/mol. The van der Waals surface area contributed by atoms with Gasteiger partial charge in [0.15, 0.2) is 5.78 Å². The summed E-state index contributed by atoms with van der Waals surface area (Å²) in [4.78, 5) is 10.5. The second kappa shape index (κ2) is 9.39. The van der Waals surface area contributed by atoms with Crippen molar-refractivity contribution in [3.63, 3.8) is 0 Å². The molecule has 0 bridgehead atoms. The first-order chi connectivity index (χ1) is 13.6. The monoisotopic (exact) mass is 432 g/mol. The van der Waals surface area contributed by atoms with Crippen molar-refractivity contribution in [3.8, 4) is 0 Å². The Morgan fingerprint density at radius 3 is 2.28 bits per heavy atom. The van der Waals surface area contributed by atoms with Crippen LogP contribution in [-0.2, 0) is 19.8 Å². The van der Waals surface area contributed by atoms with Crippen LogP contribution in [0.1, 0.15) is 30.8 Å². The predicted molar refractivity (Wildman–Crippen MR) is 102 cm³/mol. The number of anilines is 1. The van der Waals surface area contributed by atoms with Crippen molar-refractivity contribution in [2.75, 3.05) is 18.5 Å². The van der Waals surface area contributed by atoms with E-state index in [-0.39, 0.29) is 30.2 Å². The lowest BCUT2D eigenvalue weighted by Gasteiger charge is -2.28. The Morgan fingerprint density at radius 2 is 1.72 bits per heavy atom. The van der Waals surface area contributed by atoms with Crippen molar-refractivity contribution < 1.29 is 31.7 Å². The van der Waals surface area contributed by atoms with Crippen molar-refractivity contribution in [3.05, 3.63) is 69.8 Å². The zero-order valence-electron chi connectivity index (χ0n) is 15.7. The minimum absolute atomic E-state index is 0.00692. The van der Waals surface area contributed by atoms with Crippen LogP contribution in [0, 0.1) is 10.1 Å². The van der Waals surface area contributed by atoms with E-state index in [0.29, 0.717) is 0 Å². The molecule has 0 aromatic heterocycles. The molecule has 0 fully saturated rings. The Kier molecular flexibility index (Phi) is 7.40. The van der Waals surface area contributed by atoms with E-state index in [0.717, 1.165) is 12.1 Å². The van der Waals surface area contributed by atoms with Crippen LogP contribution in [0.3, 0.4) is 0 Å². The van der Waals surface area contributed by atoms with Gasteiger partial charge in [0.1, 0.15) is 0 Å². The number of nitro benzene ring substituents is 1. The van der Waals surface area contributed by atoms with Crippen molar-refractivity contribution >= 4 is 19.0 Å². The Balaban J connectivity index is 2.54. The molecule has 0 aliphatic heterocycles. The van der Waals surface area contributed by atoms with E-state index in [1.807, 2.05) is 0 Å². The fourth-order valence-corrected chi connectivity index (χ4v) is 4.57. The first-order valence-corrected chi connectivity index (χ1v) is 10.3. The van der Waals surface area contributed by atoms with Crippen LogP contribution in [0.5, 0.6) is 0 Å². The normalized spacial score (nSPS) is 13.1. The van der Waals surface area contributed by atoms with Crippen LogP contribution in [0.2, 0.25) is 0 Å². The average Bonchev–Trinajstić information content (AvgIpc) is 2.66. The predicted octanol–water partition coefficient (Wildman–Crippen LogP) is 5.99. The number of alkyl halides is 3. The maximum Gasteiger partial charge on any atom is 0.416 e. The van der Waals surface area contributed by atoms with Gasteiger partial charge in [0, 0.05) is 17.8 Å². The van der Waals surface area contributed by atoms with Gasteiger partial charge in [-0.3, -0.25) is 14.7 Å². The summed E-state index contributed by atoms with van der Waals surface area (Å²) in [6, 6.07) is 9.58. The zero-order valence-corrected chi connectivity index (χ0v) is 16.6. The molecule has 29 heavy (non-hydrogen) atoms. The summed E-state index contributed by atoms with van der Waals surface area (Å²) in [5.74, 6) is -1.26. The van der Waals surface area contributed by atoms with Crippen LogP contribution in [0.25, 0.3) is 0 Å². The maximum absolute atomic E-state index is 13.4. The van der Waals surface area contributed by atoms with Gasteiger partial charge in [0.2, 0.25) is 0 Å². The number of nitrogens with zero attached hydrogens (tertiary/aromatic N) is 1. The van der Waals surface area contributed by atoms with E-state index in [1.165, 1.54) is 36.4 Å². The smallest absolute Gasteiger partial charge is 0.368 e. The lowest BCUT2D eigenvalue weighted by atomic mass is 10.1. The highest BCUT2D eigenvalue weighted by atomic mass is 31.2. The van der Waals surface area contributed by atoms with E-state index < -0.39 is 30.0 Å². The topological polar surface area (TPSA) is 90.7 Å². The van der Waals surface area contributed by atoms with Crippen LogP contribution < -0.4 is 5.32 Å². The van der Waals surface area contributed by atoms with Crippen LogP contribution in [-0.4, -0.2) is 18.1 Å². The molecule has 0 amide bonds. The van der Waals surface area contributed by atoms with Gasteiger partial charge >= 0.3 is 13.8 Å². The molecule has 7 nitrogen and oxygen atoms in total. The second-order valence-corrected chi connectivity index (χ2v) is 7.97. The highest BCUT2D eigenvalue weighted by molar-refractivity contribution is 7.54. The van der Waals surface area contributed by atoms with Gasteiger partial charge < -0.3 is 14.4 Å². The van der Waals surface area contributed by atoms with Gasteiger partial charge in [-0.25, -0.2) is 0 Å². The van der Waals surface area contributed by atoms with E-state index in [4.69, 9.17) is 9.05 Å². The number of non-ortho nitro benzene ring substituents is 1. The summed E-state index contributed by atoms with van der Waals surface area (Å²) >= 11 is 0. The quantitative estimate of drug-likeness (QED) is 0.297. The molecule has 1 atom stereocenters. The molecule has 2 rings (SSSR count). The highest BCUT2D eigenvalue weighted by Crippen LogP contribution is 2.61. The third-order valence-corrected chi connectivity index (χ3v) is 6.12. The summed E-state index contributed by atoms with van der Waals surface area (Å²) in [5.41, 5.74) is -0.973. The summed E-state index contributed by atoms with van der Waals surface area (Å²) in [7, 11) is -3.94. The van der Waals surface area contributed by atoms with E-state index in [1.54, 1.807) is 13.8 Å². The third-order valence-electron chi connectivity index (χ3n) is 3.82. The first-order valence-electron chi connectivity index (χ1n) is 8.67. The summed E-state index contributed by atoms with van der Waals surface area (Å²) in [6.45, 7) is 3.18. The largest absolute Gasteiger partial charge is 0.416 e. The van der Waals surface area contributed by atoms with E-state index in [2.05, 4.69) is 5.32 Å². The van der Waals surface area contributed by atoms with Crippen molar-refractivity contribution in [1.82, 2.24) is 0 Å². The summed E-state index contributed by atoms with van der Waals surface area (Å²) in [6.07, 6.45) is -4.57.